The highest BCUT2D eigenvalue weighted by Gasteiger charge is 2.46. The third-order valence-corrected chi connectivity index (χ3v) is 7.79. The maximum atomic E-state index is 13.8. The molecule has 0 spiro atoms. The molecule has 1 aromatic heterocycles. The first-order valence-corrected chi connectivity index (χ1v) is 15.3. The molecule has 3 rings (SSSR count). The van der Waals surface area contributed by atoms with Gasteiger partial charge in [0, 0.05) is 19.3 Å². The Morgan fingerprint density at radius 3 is 2.21 bits per heavy atom. The Hall–Kier alpha value is -4.94. The van der Waals surface area contributed by atoms with Crippen molar-refractivity contribution in [3.05, 3.63) is 47.8 Å². The summed E-state index contributed by atoms with van der Waals surface area (Å²) in [5.41, 5.74) is 0.938. The number of nitrogens with zero attached hydrogens (tertiary/aromatic N) is 1. The predicted molar refractivity (Wildman–Crippen MR) is 167 cm³/mol. The van der Waals surface area contributed by atoms with Crippen LogP contribution in [0, 0.1) is 24.7 Å². The molecule has 0 aliphatic heterocycles. The van der Waals surface area contributed by atoms with Gasteiger partial charge in [-0.2, -0.15) is 0 Å². The van der Waals surface area contributed by atoms with Crippen molar-refractivity contribution in [3.63, 3.8) is 0 Å². The molecule has 1 heterocycles. The van der Waals surface area contributed by atoms with Gasteiger partial charge in [-0.1, -0.05) is 51.1 Å². The molecule has 0 radical (unpaired) electrons. The molecule has 0 saturated heterocycles. The van der Waals surface area contributed by atoms with Crippen molar-refractivity contribution in [2.45, 2.75) is 71.9 Å². The van der Waals surface area contributed by atoms with Crippen LogP contribution in [0.25, 0.3) is 0 Å². The van der Waals surface area contributed by atoms with E-state index in [0.29, 0.717) is 5.56 Å². The molecule has 1 aromatic carbocycles. The van der Waals surface area contributed by atoms with Crippen LogP contribution in [0.1, 0.15) is 57.7 Å². The average Bonchev–Trinajstić information content (AvgIpc) is 3.07. The molecule has 13 heteroatoms. The van der Waals surface area contributed by atoms with E-state index in [1.807, 2.05) is 0 Å². The second-order valence-corrected chi connectivity index (χ2v) is 11.6. The van der Waals surface area contributed by atoms with Gasteiger partial charge in [-0.25, -0.2) is 0 Å². The smallest absolute Gasteiger partial charge is 0.311 e. The maximum absolute atomic E-state index is 13.8. The predicted octanol–water partition coefficient (Wildman–Crippen LogP) is 3.17. The summed E-state index contributed by atoms with van der Waals surface area (Å²) in [6.45, 7) is 6.12. The molecule has 1 fully saturated rings. The topological polar surface area (TPSA) is 181 Å². The van der Waals surface area contributed by atoms with Gasteiger partial charge < -0.3 is 24.3 Å². The van der Waals surface area contributed by atoms with E-state index < -0.39 is 77.4 Å². The summed E-state index contributed by atoms with van der Waals surface area (Å²) in [4.78, 5) is 95.4. The SMILES string of the molecule is COC(=O)CCCC(=O)Oc1c(C)ncc(N[C@H]2CC(=O)C(=O)[C@H](Cc3ccccc3)[C@H](OC(=O)C(C)C)[C@H](C)C(=O)C2=O)c1OC. The van der Waals surface area contributed by atoms with Crippen LogP contribution in [-0.2, 0) is 49.5 Å². The van der Waals surface area contributed by atoms with Crippen molar-refractivity contribution in [3.8, 4) is 11.5 Å². The molecule has 0 unspecified atom stereocenters. The zero-order valence-corrected chi connectivity index (χ0v) is 27.3. The van der Waals surface area contributed by atoms with E-state index in [9.17, 15) is 33.6 Å². The van der Waals surface area contributed by atoms with Crippen LogP contribution >= 0.6 is 0 Å². The number of pyridine rings is 1. The lowest BCUT2D eigenvalue weighted by molar-refractivity contribution is -0.163. The van der Waals surface area contributed by atoms with E-state index in [0.717, 1.165) is 0 Å². The van der Waals surface area contributed by atoms with E-state index in [2.05, 4.69) is 15.0 Å². The van der Waals surface area contributed by atoms with Crippen LogP contribution in [0.4, 0.5) is 5.69 Å². The second-order valence-electron chi connectivity index (χ2n) is 11.6. The highest BCUT2D eigenvalue weighted by molar-refractivity contribution is 6.44. The fourth-order valence-electron chi connectivity index (χ4n) is 5.10. The van der Waals surface area contributed by atoms with Crippen LogP contribution in [-0.4, -0.2) is 72.4 Å². The van der Waals surface area contributed by atoms with Gasteiger partial charge in [0.05, 0.1) is 49.6 Å². The highest BCUT2D eigenvalue weighted by Crippen LogP contribution is 2.38. The third kappa shape index (κ3) is 9.30. The lowest BCUT2D eigenvalue weighted by Crippen LogP contribution is -2.45. The number of hydrogen-bond acceptors (Lipinski definition) is 13. The summed E-state index contributed by atoms with van der Waals surface area (Å²) >= 11 is 0. The van der Waals surface area contributed by atoms with Crippen molar-refractivity contribution in [2.24, 2.45) is 17.8 Å². The maximum Gasteiger partial charge on any atom is 0.311 e. The van der Waals surface area contributed by atoms with Gasteiger partial charge in [0.2, 0.25) is 23.1 Å². The number of carbonyl (C=O) groups is 7. The average molecular weight is 653 g/mol. The molecule has 2 aromatic rings. The Bertz CT molecular complexity index is 1520. The number of ether oxygens (including phenoxy) is 4. The number of aryl methyl sites for hydroxylation is 1. The highest BCUT2D eigenvalue weighted by atomic mass is 16.6. The Labute approximate surface area is 272 Å². The summed E-state index contributed by atoms with van der Waals surface area (Å²) in [5.74, 6) is -8.86. The van der Waals surface area contributed by atoms with Gasteiger partial charge in [-0.3, -0.25) is 38.5 Å². The number of carbonyl (C=O) groups excluding carboxylic acids is 7. The number of rotatable bonds is 12. The molecule has 4 atom stereocenters. The summed E-state index contributed by atoms with van der Waals surface area (Å²) in [6, 6.07) is 7.24. The van der Waals surface area contributed by atoms with Gasteiger partial charge in [-0.15, -0.1) is 0 Å². The molecular formula is C34H40N2O11. The second kappa shape index (κ2) is 16.6. The quantitative estimate of drug-likeness (QED) is 0.261. The normalized spacial score (nSPS) is 20.1. The Morgan fingerprint density at radius 1 is 0.936 bits per heavy atom. The summed E-state index contributed by atoms with van der Waals surface area (Å²) < 4.78 is 21.2. The monoisotopic (exact) mass is 652 g/mol. The molecule has 1 aliphatic carbocycles. The zero-order chi connectivity index (χ0) is 34.8. The zero-order valence-electron chi connectivity index (χ0n) is 27.3. The number of benzene rings is 1. The number of Topliss-reactive ketones (excluding diaryl/α,β-unsaturated/α-hetero) is 4. The van der Waals surface area contributed by atoms with Crippen molar-refractivity contribution in [1.82, 2.24) is 4.98 Å². The van der Waals surface area contributed by atoms with E-state index in [4.69, 9.17) is 14.2 Å². The van der Waals surface area contributed by atoms with Gasteiger partial charge >= 0.3 is 17.9 Å². The summed E-state index contributed by atoms with van der Waals surface area (Å²) in [7, 11) is 2.52. The lowest BCUT2D eigenvalue weighted by atomic mass is 9.81. The summed E-state index contributed by atoms with van der Waals surface area (Å²) in [5, 5.41) is 2.80. The van der Waals surface area contributed by atoms with Crippen molar-refractivity contribution in [2.75, 3.05) is 19.5 Å². The minimum Gasteiger partial charge on any atom is -0.491 e. The molecule has 47 heavy (non-hydrogen) atoms. The number of aromatic nitrogens is 1. The first-order chi connectivity index (χ1) is 22.3. The van der Waals surface area contributed by atoms with Crippen LogP contribution in [0.3, 0.4) is 0 Å². The fourth-order valence-corrected chi connectivity index (χ4v) is 5.10. The Kier molecular flexibility index (Phi) is 12.9. The molecule has 1 N–H and O–H groups in total. The van der Waals surface area contributed by atoms with Crippen LogP contribution in [0.5, 0.6) is 11.5 Å². The molecule has 1 saturated carbocycles. The number of methoxy groups -OCH3 is 2. The van der Waals surface area contributed by atoms with Gasteiger partial charge in [0.1, 0.15) is 12.1 Å². The van der Waals surface area contributed by atoms with E-state index >= 15 is 0 Å². The number of nitrogens with one attached hydrogen (secondary N) is 1. The number of esters is 3. The third-order valence-electron chi connectivity index (χ3n) is 7.79. The molecule has 252 valence electrons. The van der Waals surface area contributed by atoms with Gasteiger partial charge in [0.25, 0.3) is 0 Å². The Balaban J connectivity index is 1.96. The van der Waals surface area contributed by atoms with E-state index in [-0.39, 0.29) is 48.6 Å². The van der Waals surface area contributed by atoms with Crippen LogP contribution in [0.2, 0.25) is 0 Å². The minimum absolute atomic E-state index is 0.00454. The summed E-state index contributed by atoms with van der Waals surface area (Å²) in [6.07, 6.45) is -0.738. The van der Waals surface area contributed by atoms with Crippen molar-refractivity contribution >= 4 is 46.7 Å². The number of ketones is 4. The van der Waals surface area contributed by atoms with Crippen LogP contribution < -0.4 is 14.8 Å². The number of anilines is 1. The lowest BCUT2D eigenvalue weighted by Gasteiger charge is -2.29. The first-order valence-electron chi connectivity index (χ1n) is 15.3. The standard InChI is InChI=1S/C34H40N2O11/c1-18(2)34(43)47-31-19(3)28(40)30(42)23(16-25(37)29(41)22(31)15-21-11-8-7-9-12-21)36-24-17-35-20(4)32(33(24)45-6)46-27(39)14-10-13-26(38)44-5/h7-9,11-12,17-19,22-23,31,36H,10,13-16H2,1-6H3/t19-,22+,23+,31-/m1/s1. The fraction of sp³-hybridized carbons (Fsp3) is 0.471. The Morgan fingerprint density at radius 2 is 1.60 bits per heavy atom. The van der Waals surface area contributed by atoms with Crippen molar-refractivity contribution < 1.29 is 52.5 Å². The molecule has 1 aliphatic rings. The van der Waals surface area contributed by atoms with E-state index in [1.165, 1.54) is 27.3 Å². The molecule has 0 amide bonds. The minimum atomic E-state index is -1.53. The molecule has 0 bridgehead atoms. The van der Waals surface area contributed by atoms with Crippen molar-refractivity contribution in [1.29, 1.82) is 0 Å². The van der Waals surface area contributed by atoms with Gasteiger partial charge in [-0.05, 0) is 25.3 Å². The van der Waals surface area contributed by atoms with Gasteiger partial charge in [0.15, 0.2) is 11.5 Å². The van der Waals surface area contributed by atoms with E-state index in [1.54, 1.807) is 51.1 Å². The molecule has 13 nitrogen and oxygen atoms in total. The van der Waals surface area contributed by atoms with Crippen LogP contribution in [0.15, 0.2) is 36.5 Å². The molecular weight excluding hydrogens is 612 g/mol. The largest absolute Gasteiger partial charge is 0.491 e. The first kappa shape index (κ1) is 36.5. The number of hydrogen-bond donors (Lipinski definition) is 1.